The van der Waals surface area contributed by atoms with Gasteiger partial charge in [0.2, 0.25) is 11.8 Å². The number of benzene rings is 1. The first-order valence-corrected chi connectivity index (χ1v) is 8.55. The monoisotopic (exact) mass is 349 g/mol. The standard InChI is InChI=1S/C18H27N3O4/c1-24-15-6-5-13(10-16(15)25-2)11-17(22)21-9-3-4-14(12-21)18(23)20-8-7-19/h5-6,10,14H,3-4,7-9,11-12,19H2,1-2H3,(H,20,23). The van der Waals surface area contributed by atoms with E-state index < -0.39 is 0 Å². The van der Waals surface area contributed by atoms with E-state index in [2.05, 4.69) is 5.32 Å². The highest BCUT2D eigenvalue weighted by molar-refractivity contribution is 5.82. The Kier molecular flexibility index (Phi) is 7.06. The van der Waals surface area contributed by atoms with Gasteiger partial charge in [0, 0.05) is 26.2 Å². The summed E-state index contributed by atoms with van der Waals surface area (Å²) in [4.78, 5) is 26.5. The zero-order chi connectivity index (χ0) is 18.2. The summed E-state index contributed by atoms with van der Waals surface area (Å²) in [5.41, 5.74) is 6.27. The molecule has 0 radical (unpaired) electrons. The molecule has 3 N–H and O–H groups in total. The average Bonchev–Trinajstić information content (AvgIpc) is 2.65. The molecular formula is C18H27N3O4. The Morgan fingerprint density at radius 2 is 2.04 bits per heavy atom. The largest absolute Gasteiger partial charge is 0.493 e. The highest BCUT2D eigenvalue weighted by Gasteiger charge is 2.28. The number of carbonyl (C=O) groups excluding carboxylic acids is 2. The van der Waals surface area contributed by atoms with Crippen LogP contribution >= 0.6 is 0 Å². The number of amides is 2. The number of nitrogens with two attached hydrogens (primary N) is 1. The molecule has 0 aromatic heterocycles. The van der Waals surface area contributed by atoms with Gasteiger partial charge in [0.05, 0.1) is 26.6 Å². The van der Waals surface area contributed by atoms with Crippen LogP contribution in [0.5, 0.6) is 11.5 Å². The second-order valence-electron chi connectivity index (χ2n) is 6.12. The van der Waals surface area contributed by atoms with Gasteiger partial charge in [0.15, 0.2) is 11.5 Å². The first-order valence-electron chi connectivity index (χ1n) is 8.55. The van der Waals surface area contributed by atoms with Crippen LogP contribution in [0.1, 0.15) is 18.4 Å². The number of ether oxygens (including phenoxy) is 2. The molecule has 1 saturated heterocycles. The van der Waals surface area contributed by atoms with Crippen molar-refractivity contribution in [3.63, 3.8) is 0 Å². The fraction of sp³-hybridized carbons (Fsp3) is 0.556. The molecule has 138 valence electrons. The number of nitrogens with zero attached hydrogens (tertiary/aromatic N) is 1. The lowest BCUT2D eigenvalue weighted by atomic mass is 9.96. The van der Waals surface area contributed by atoms with Crippen LogP contribution in [0.3, 0.4) is 0 Å². The fourth-order valence-electron chi connectivity index (χ4n) is 3.03. The van der Waals surface area contributed by atoms with Gasteiger partial charge in [-0.05, 0) is 30.5 Å². The van der Waals surface area contributed by atoms with Crippen LogP contribution in [0.15, 0.2) is 18.2 Å². The van der Waals surface area contributed by atoms with Crippen molar-refractivity contribution in [2.45, 2.75) is 19.3 Å². The lowest BCUT2D eigenvalue weighted by Gasteiger charge is -2.32. The van der Waals surface area contributed by atoms with E-state index in [1.165, 1.54) is 0 Å². The number of piperidine rings is 1. The molecule has 0 saturated carbocycles. The molecule has 1 aliphatic rings. The normalized spacial score (nSPS) is 17.1. The molecule has 1 atom stereocenters. The first kappa shape index (κ1) is 19.1. The van der Waals surface area contributed by atoms with Crippen molar-refractivity contribution in [1.82, 2.24) is 10.2 Å². The molecule has 1 aromatic carbocycles. The van der Waals surface area contributed by atoms with Crippen molar-refractivity contribution in [2.75, 3.05) is 40.4 Å². The van der Waals surface area contributed by atoms with Crippen molar-refractivity contribution in [3.05, 3.63) is 23.8 Å². The third-order valence-electron chi connectivity index (χ3n) is 4.39. The highest BCUT2D eigenvalue weighted by atomic mass is 16.5. The number of nitrogens with one attached hydrogen (secondary N) is 1. The van der Waals surface area contributed by atoms with Crippen LogP contribution in [0, 0.1) is 5.92 Å². The Morgan fingerprint density at radius 3 is 2.72 bits per heavy atom. The van der Waals surface area contributed by atoms with Gasteiger partial charge in [-0.15, -0.1) is 0 Å². The van der Waals surface area contributed by atoms with Crippen molar-refractivity contribution >= 4 is 11.8 Å². The molecule has 2 rings (SSSR count). The Balaban J connectivity index is 1.97. The van der Waals surface area contributed by atoms with E-state index in [1.54, 1.807) is 25.2 Å². The summed E-state index contributed by atoms with van der Waals surface area (Å²) in [5, 5.41) is 2.81. The Morgan fingerprint density at radius 1 is 1.28 bits per heavy atom. The second-order valence-corrected chi connectivity index (χ2v) is 6.12. The van der Waals surface area contributed by atoms with E-state index in [1.807, 2.05) is 12.1 Å². The van der Waals surface area contributed by atoms with Gasteiger partial charge in [-0.2, -0.15) is 0 Å². The molecule has 0 spiro atoms. The predicted octanol–water partition coefficient (Wildman–Crippen LogP) is 0.560. The summed E-state index contributed by atoms with van der Waals surface area (Å²) in [6, 6.07) is 5.46. The van der Waals surface area contributed by atoms with Gasteiger partial charge in [0.25, 0.3) is 0 Å². The lowest BCUT2D eigenvalue weighted by molar-refractivity contribution is -0.135. The third kappa shape index (κ3) is 5.09. The summed E-state index contributed by atoms with van der Waals surface area (Å²) in [6.45, 7) is 2.03. The molecule has 0 bridgehead atoms. The van der Waals surface area contributed by atoms with Gasteiger partial charge in [0.1, 0.15) is 0 Å². The van der Waals surface area contributed by atoms with E-state index >= 15 is 0 Å². The van der Waals surface area contributed by atoms with Crippen molar-refractivity contribution < 1.29 is 19.1 Å². The van der Waals surface area contributed by atoms with Crippen molar-refractivity contribution in [3.8, 4) is 11.5 Å². The minimum atomic E-state index is -0.158. The summed E-state index contributed by atoms with van der Waals surface area (Å²) in [6.07, 6.45) is 1.91. The predicted molar refractivity (Wildman–Crippen MR) is 94.6 cm³/mol. The molecule has 0 aliphatic carbocycles. The highest BCUT2D eigenvalue weighted by Crippen LogP contribution is 2.28. The van der Waals surface area contributed by atoms with Gasteiger partial charge in [-0.3, -0.25) is 9.59 Å². The number of likely N-dealkylation sites (tertiary alicyclic amines) is 1. The van der Waals surface area contributed by atoms with Gasteiger partial charge in [-0.1, -0.05) is 6.07 Å². The molecule has 1 aliphatic heterocycles. The maximum atomic E-state index is 12.6. The molecule has 1 unspecified atom stereocenters. The minimum absolute atomic E-state index is 0.0172. The van der Waals surface area contributed by atoms with Crippen LogP contribution in [0.4, 0.5) is 0 Å². The zero-order valence-corrected chi connectivity index (χ0v) is 14.9. The number of hydrogen-bond donors (Lipinski definition) is 2. The number of rotatable bonds is 7. The second kappa shape index (κ2) is 9.27. The number of methoxy groups -OCH3 is 2. The zero-order valence-electron chi connectivity index (χ0n) is 14.9. The summed E-state index contributed by atoms with van der Waals surface area (Å²) >= 11 is 0. The molecule has 1 aromatic rings. The summed E-state index contributed by atoms with van der Waals surface area (Å²) < 4.78 is 10.5. The third-order valence-corrected chi connectivity index (χ3v) is 4.39. The Hall–Kier alpha value is -2.28. The van der Waals surface area contributed by atoms with Gasteiger partial charge in [-0.25, -0.2) is 0 Å². The SMILES string of the molecule is COc1ccc(CC(=O)N2CCCC(C(=O)NCCN)C2)cc1OC. The lowest BCUT2D eigenvalue weighted by Crippen LogP contribution is -2.46. The fourth-order valence-corrected chi connectivity index (χ4v) is 3.03. The van der Waals surface area contributed by atoms with E-state index in [0.29, 0.717) is 37.7 Å². The topological polar surface area (TPSA) is 93.9 Å². The van der Waals surface area contributed by atoms with Crippen LogP contribution in [-0.4, -0.2) is 57.1 Å². The van der Waals surface area contributed by atoms with Crippen LogP contribution in [-0.2, 0) is 16.0 Å². The van der Waals surface area contributed by atoms with Crippen LogP contribution < -0.4 is 20.5 Å². The van der Waals surface area contributed by atoms with Gasteiger partial charge >= 0.3 is 0 Å². The first-order chi connectivity index (χ1) is 12.1. The van der Waals surface area contributed by atoms with E-state index in [0.717, 1.165) is 18.4 Å². The van der Waals surface area contributed by atoms with Crippen LogP contribution in [0.25, 0.3) is 0 Å². The summed E-state index contributed by atoms with van der Waals surface area (Å²) in [5.74, 6) is 1.08. The minimum Gasteiger partial charge on any atom is -0.493 e. The quantitative estimate of drug-likeness (QED) is 0.750. The average molecular weight is 349 g/mol. The smallest absolute Gasteiger partial charge is 0.227 e. The van der Waals surface area contributed by atoms with E-state index in [4.69, 9.17) is 15.2 Å². The molecule has 25 heavy (non-hydrogen) atoms. The summed E-state index contributed by atoms with van der Waals surface area (Å²) in [7, 11) is 3.14. The molecule has 1 fully saturated rings. The molecule has 7 heteroatoms. The molecule has 2 amide bonds. The number of hydrogen-bond acceptors (Lipinski definition) is 5. The maximum absolute atomic E-state index is 12.6. The Labute approximate surface area is 148 Å². The van der Waals surface area contributed by atoms with Crippen molar-refractivity contribution in [2.24, 2.45) is 11.7 Å². The van der Waals surface area contributed by atoms with Crippen LogP contribution in [0.2, 0.25) is 0 Å². The number of carbonyl (C=O) groups is 2. The van der Waals surface area contributed by atoms with E-state index in [-0.39, 0.29) is 24.2 Å². The van der Waals surface area contributed by atoms with E-state index in [9.17, 15) is 9.59 Å². The molecule has 7 nitrogen and oxygen atoms in total. The Bertz CT molecular complexity index is 606. The van der Waals surface area contributed by atoms with Gasteiger partial charge < -0.3 is 25.4 Å². The molecular weight excluding hydrogens is 322 g/mol. The van der Waals surface area contributed by atoms with Crippen molar-refractivity contribution in [1.29, 1.82) is 0 Å². The molecule has 1 heterocycles. The maximum Gasteiger partial charge on any atom is 0.227 e.